The van der Waals surface area contributed by atoms with Crippen LogP contribution in [0.1, 0.15) is 46.5 Å². The minimum absolute atomic E-state index is 0.0546. The summed E-state index contributed by atoms with van der Waals surface area (Å²) in [6, 6.07) is 11.1. The van der Waals surface area contributed by atoms with Crippen molar-refractivity contribution in [3.8, 4) is 10.4 Å². The largest absolute Gasteiger partial charge is 0.381 e. The van der Waals surface area contributed by atoms with Gasteiger partial charge < -0.3 is 9.64 Å². The number of rotatable bonds is 4. The van der Waals surface area contributed by atoms with E-state index in [-0.39, 0.29) is 11.4 Å². The monoisotopic (exact) mass is 398 g/mol. The molecule has 4 nitrogen and oxygen atoms in total. The second-order valence-corrected chi connectivity index (χ2v) is 9.29. The SMILES string of the molecule is Cc1cc(-c2ccc(C3(N(C)C)CCOCC3)cc2)sc1C(=O)N1CCCC1. The van der Waals surface area contributed by atoms with Gasteiger partial charge in [0.05, 0.1) is 4.88 Å². The minimum atomic E-state index is 0.0546. The van der Waals surface area contributed by atoms with Gasteiger partial charge in [0.1, 0.15) is 0 Å². The number of hydrogen-bond donors (Lipinski definition) is 0. The van der Waals surface area contributed by atoms with Crippen molar-refractivity contribution in [2.24, 2.45) is 0 Å². The van der Waals surface area contributed by atoms with Gasteiger partial charge in [-0.15, -0.1) is 11.3 Å². The first-order valence-corrected chi connectivity index (χ1v) is 11.1. The van der Waals surface area contributed by atoms with Gasteiger partial charge in [0.15, 0.2) is 0 Å². The molecular weight excluding hydrogens is 368 g/mol. The van der Waals surface area contributed by atoms with Crippen LogP contribution >= 0.6 is 11.3 Å². The molecule has 0 radical (unpaired) electrons. The molecule has 2 aliphatic rings. The number of nitrogens with zero attached hydrogens (tertiary/aromatic N) is 2. The van der Waals surface area contributed by atoms with E-state index >= 15 is 0 Å². The molecule has 0 bridgehead atoms. The number of benzene rings is 1. The second-order valence-electron chi connectivity index (χ2n) is 8.24. The van der Waals surface area contributed by atoms with Crippen LogP contribution < -0.4 is 0 Å². The van der Waals surface area contributed by atoms with Gasteiger partial charge in [-0.05, 0) is 69.5 Å². The Morgan fingerprint density at radius 2 is 1.75 bits per heavy atom. The van der Waals surface area contributed by atoms with E-state index in [0.29, 0.717) is 0 Å². The number of carbonyl (C=O) groups excluding carboxylic acids is 1. The maximum absolute atomic E-state index is 12.8. The number of amides is 1. The fraction of sp³-hybridized carbons (Fsp3) is 0.522. The molecule has 0 unspecified atom stereocenters. The lowest BCUT2D eigenvalue weighted by atomic mass is 9.81. The first kappa shape index (κ1) is 19.6. The normalized spacial score (nSPS) is 19.4. The van der Waals surface area contributed by atoms with E-state index in [4.69, 9.17) is 4.74 Å². The number of thiophene rings is 1. The van der Waals surface area contributed by atoms with Gasteiger partial charge in [-0.2, -0.15) is 0 Å². The highest BCUT2D eigenvalue weighted by molar-refractivity contribution is 7.17. The fourth-order valence-electron chi connectivity index (χ4n) is 4.55. The first-order valence-electron chi connectivity index (χ1n) is 10.3. The molecule has 5 heteroatoms. The zero-order valence-electron chi connectivity index (χ0n) is 17.2. The Hall–Kier alpha value is -1.69. The molecule has 0 N–H and O–H groups in total. The van der Waals surface area contributed by atoms with Gasteiger partial charge in [0.2, 0.25) is 0 Å². The van der Waals surface area contributed by atoms with Gasteiger partial charge in [-0.3, -0.25) is 9.69 Å². The maximum Gasteiger partial charge on any atom is 0.264 e. The minimum Gasteiger partial charge on any atom is -0.381 e. The third kappa shape index (κ3) is 3.51. The molecule has 28 heavy (non-hydrogen) atoms. The average Bonchev–Trinajstić information content (AvgIpc) is 3.38. The molecule has 2 aliphatic heterocycles. The van der Waals surface area contributed by atoms with E-state index in [0.717, 1.165) is 62.4 Å². The Balaban J connectivity index is 1.59. The standard InChI is InChI=1S/C23H30N2O2S/c1-17-16-20(28-21(17)22(26)25-12-4-5-13-25)18-6-8-19(9-7-18)23(24(2)3)10-14-27-15-11-23/h6-9,16H,4-5,10-15H2,1-3H3. The molecule has 0 aliphatic carbocycles. The van der Waals surface area contributed by atoms with Crippen LogP contribution in [0.25, 0.3) is 10.4 Å². The number of ether oxygens (including phenoxy) is 1. The molecule has 1 aromatic heterocycles. The summed E-state index contributed by atoms with van der Waals surface area (Å²) in [7, 11) is 4.33. The van der Waals surface area contributed by atoms with Crippen molar-refractivity contribution in [1.82, 2.24) is 9.80 Å². The number of carbonyl (C=O) groups is 1. The van der Waals surface area contributed by atoms with E-state index in [9.17, 15) is 4.79 Å². The molecule has 3 heterocycles. The van der Waals surface area contributed by atoms with Gasteiger partial charge in [-0.25, -0.2) is 0 Å². The number of likely N-dealkylation sites (tertiary alicyclic amines) is 1. The first-order chi connectivity index (χ1) is 13.5. The van der Waals surface area contributed by atoms with Crippen molar-refractivity contribution in [1.29, 1.82) is 0 Å². The van der Waals surface area contributed by atoms with E-state index in [1.807, 2.05) is 4.90 Å². The molecule has 0 saturated carbocycles. The van der Waals surface area contributed by atoms with Crippen LogP contribution in [0.4, 0.5) is 0 Å². The molecule has 4 rings (SSSR count). The van der Waals surface area contributed by atoms with Gasteiger partial charge in [0, 0.05) is 36.7 Å². The summed E-state index contributed by atoms with van der Waals surface area (Å²) in [6.45, 7) is 5.48. The van der Waals surface area contributed by atoms with Crippen molar-refractivity contribution < 1.29 is 9.53 Å². The molecule has 1 aromatic carbocycles. The maximum atomic E-state index is 12.8. The second kappa shape index (κ2) is 7.97. The summed E-state index contributed by atoms with van der Waals surface area (Å²) in [5, 5.41) is 0. The topological polar surface area (TPSA) is 32.8 Å². The molecule has 0 atom stereocenters. The van der Waals surface area contributed by atoms with Crippen molar-refractivity contribution in [3.05, 3.63) is 46.3 Å². The molecule has 1 amide bonds. The molecule has 2 fully saturated rings. The van der Waals surface area contributed by atoms with Crippen LogP contribution in [0.5, 0.6) is 0 Å². The fourth-order valence-corrected chi connectivity index (χ4v) is 5.69. The van der Waals surface area contributed by atoms with Crippen molar-refractivity contribution in [2.45, 2.75) is 38.1 Å². The smallest absolute Gasteiger partial charge is 0.264 e. The van der Waals surface area contributed by atoms with Crippen LogP contribution in [-0.4, -0.2) is 56.1 Å². The summed E-state index contributed by atoms with van der Waals surface area (Å²) in [5.41, 5.74) is 3.69. The third-order valence-corrected chi connectivity index (χ3v) is 7.66. The summed E-state index contributed by atoms with van der Waals surface area (Å²) >= 11 is 1.63. The van der Waals surface area contributed by atoms with Crippen LogP contribution in [0.15, 0.2) is 30.3 Å². The summed E-state index contributed by atoms with van der Waals surface area (Å²) < 4.78 is 5.61. The average molecular weight is 399 g/mol. The van der Waals surface area contributed by atoms with Gasteiger partial charge in [0.25, 0.3) is 5.91 Å². The van der Waals surface area contributed by atoms with Crippen LogP contribution in [0.2, 0.25) is 0 Å². The molecular formula is C23H30N2O2S. The zero-order chi connectivity index (χ0) is 19.7. The van der Waals surface area contributed by atoms with Crippen molar-refractivity contribution in [2.75, 3.05) is 40.4 Å². The van der Waals surface area contributed by atoms with E-state index in [1.54, 1.807) is 11.3 Å². The van der Waals surface area contributed by atoms with E-state index < -0.39 is 0 Å². The lowest BCUT2D eigenvalue weighted by molar-refractivity contribution is -0.0105. The molecule has 2 saturated heterocycles. The Morgan fingerprint density at radius 1 is 1.11 bits per heavy atom. The highest BCUT2D eigenvalue weighted by Crippen LogP contribution is 2.38. The summed E-state index contributed by atoms with van der Waals surface area (Å²) in [6.07, 6.45) is 4.30. The lowest BCUT2D eigenvalue weighted by Crippen LogP contribution is -2.45. The van der Waals surface area contributed by atoms with Crippen molar-refractivity contribution in [3.63, 3.8) is 0 Å². The zero-order valence-corrected chi connectivity index (χ0v) is 18.0. The van der Waals surface area contributed by atoms with E-state index in [1.165, 1.54) is 16.0 Å². The highest BCUT2D eigenvalue weighted by Gasteiger charge is 2.36. The van der Waals surface area contributed by atoms with Gasteiger partial charge >= 0.3 is 0 Å². The Bertz CT molecular complexity index is 829. The van der Waals surface area contributed by atoms with Crippen LogP contribution in [0.3, 0.4) is 0 Å². The number of hydrogen-bond acceptors (Lipinski definition) is 4. The predicted octanol–water partition coefficient (Wildman–Crippen LogP) is 4.53. The van der Waals surface area contributed by atoms with Gasteiger partial charge in [-0.1, -0.05) is 24.3 Å². The third-order valence-electron chi connectivity index (χ3n) is 6.39. The summed E-state index contributed by atoms with van der Waals surface area (Å²) in [5.74, 6) is 0.205. The van der Waals surface area contributed by atoms with E-state index in [2.05, 4.69) is 56.3 Å². The molecule has 150 valence electrons. The number of aryl methyl sites for hydroxylation is 1. The van der Waals surface area contributed by atoms with Crippen LogP contribution in [-0.2, 0) is 10.3 Å². The summed E-state index contributed by atoms with van der Waals surface area (Å²) in [4.78, 5) is 19.2. The predicted molar refractivity (Wildman–Crippen MR) is 115 cm³/mol. The molecule has 2 aromatic rings. The quantitative estimate of drug-likeness (QED) is 0.759. The Kier molecular flexibility index (Phi) is 5.59. The van der Waals surface area contributed by atoms with Crippen LogP contribution in [0, 0.1) is 6.92 Å². The Labute approximate surface area is 172 Å². The Morgan fingerprint density at radius 3 is 2.36 bits per heavy atom. The highest BCUT2D eigenvalue weighted by atomic mass is 32.1. The van der Waals surface area contributed by atoms with Crippen molar-refractivity contribution >= 4 is 17.2 Å². The lowest BCUT2D eigenvalue weighted by Gasteiger charge is -2.43. The molecule has 0 spiro atoms.